The van der Waals surface area contributed by atoms with Crippen molar-refractivity contribution >= 4 is 16.2 Å². The number of carbonyl (C=O) groups excluding carboxylic acids is 1. The predicted molar refractivity (Wildman–Crippen MR) is 73.9 cm³/mol. The van der Waals surface area contributed by atoms with Gasteiger partial charge in [0.05, 0.1) is 6.10 Å². The van der Waals surface area contributed by atoms with Crippen LogP contribution in [0.2, 0.25) is 0 Å². The molecule has 1 unspecified atom stereocenters. The van der Waals surface area contributed by atoms with Crippen LogP contribution in [0.4, 0.5) is 18.0 Å². The Kier molecular flexibility index (Phi) is 4.62. The molecule has 134 valence electrons. The van der Waals surface area contributed by atoms with E-state index >= 15 is 0 Å². The van der Waals surface area contributed by atoms with Crippen LogP contribution in [0.1, 0.15) is 33.6 Å². The van der Waals surface area contributed by atoms with Gasteiger partial charge in [0.25, 0.3) is 0 Å². The van der Waals surface area contributed by atoms with Gasteiger partial charge in [0, 0.05) is 24.9 Å². The number of piperidine rings is 1. The highest BCUT2D eigenvalue weighted by molar-refractivity contribution is 7.87. The molecule has 3 atom stereocenters. The summed E-state index contributed by atoms with van der Waals surface area (Å²) in [5, 5.41) is 0. The lowest BCUT2D eigenvalue weighted by atomic mass is 9.95. The van der Waals surface area contributed by atoms with Crippen LogP contribution in [0.25, 0.3) is 0 Å². The van der Waals surface area contributed by atoms with Crippen molar-refractivity contribution < 1.29 is 35.3 Å². The maximum Gasteiger partial charge on any atom is 0.523 e. The molecule has 2 bridgehead atoms. The average molecular weight is 359 g/mol. The van der Waals surface area contributed by atoms with E-state index in [1.807, 2.05) is 0 Å². The highest BCUT2D eigenvalue weighted by Crippen LogP contribution is 2.41. The summed E-state index contributed by atoms with van der Waals surface area (Å²) in [5.41, 5.74) is -6.11. The van der Waals surface area contributed by atoms with Crippen molar-refractivity contribution in [2.75, 3.05) is 13.1 Å². The Morgan fingerprint density at radius 2 is 1.57 bits per heavy atom. The maximum absolute atomic E-state index is 12.5. The van der Waals surface area contributed by atoms with Crippen LogP contribution in [0.5, 0.6) is 0 Å². The first-order valence-corrected chi connectivity index (χ1v) is 8.68. The van der Waals surface area contributed by atoms with Gasteiger partial charge in [-0.1, -0.05) is 0 Å². The highest BCUT2D eigenvalue weighted by Gasteiger charge is 2.53. The number of likely N-dealkylation sites (tertiary alicyclic amines) is 1. The normalized spacial score (nSPS) is 28.8. The third-order valence-electron chi connectivity index (χ3n) is 3.92. The molecular weight excluding hydrogens is 339 g/mol. The van der Waals surface area contributed by atoms with Crippen molar-refractivity contribution in [3.63, 3.8) is 0 Å². The van der Waals surface area contributed by atoms with Crippen LogP contribution < -0.4 is 0 Å². The number of amides is 1. The summed E-state index contributed by atoms with van der Waals surface area (Å²) in [6, 6.07) is 0. The Hall–Kier alpha value is -1.03. The second kappa shape index (κ2) is 5.80. The third kappa shape index (κ3) is 4.09. The molecule has 0 aromatic heterocycles. The zero-order chi connectivity index (χ0) is 17.6. The molecule has 23 heavy (non-hydrogen) atoms. The van der Waals surface area contributed by atoms with Crippen LogP contribution in [0.3, 0.4) is 0 Å². The number of halogens is 3. The van der Waals surface area contributed by atoms with Crippen LogP contribution in [0.15, 0.2) is 0 Å². The van der Waals surface area contributed by atoms with Gasteiger partial charge in [-0.2, -0.15) is 21.6 Å². The maximum atomic E-state index is 12.5. The van der Waals surface area contributed by atoms with Crippen LogP contribution >= 0.6 is 0 Å². The number of alkyl halides is 3. The molecule has 0 N–H and O–H groups in total. The lowest BCUT2D eigenvalue weighted by Crippen LogP contribution is -2.50. The molecule has 10 heteroatoms. The van der Waals surface area contributed by atoms with Gasteiger partial charge in [-0.15, -0.1) is 0 Å². The number of ether oxygens (including phenoxy) is 1. The third-order valence-corrected chi connectivity index (χ3v) is 4.96. The molecule has 6 nitrogen and oxygen atoms in total. The Morgan fingerprint density at radius 3 is 1.96 bits per heavy atom. The fourth-order valence-electron chi connectivity index (χ4n) is 3.01. The second-order valence-corrected chi connectivity index (χ2v) is 8.51. The van der Waals surface area contributed by atoms with Gasteiger partial charge in [0.1, 0.15) is 5.60 Å². The van der Waals surface area contributed by atoms with Crippen molar-refractivity contribution in [2.45, 2.75) is 50.8 Å². The molecule has 1 saturated carbocycles. The Morgan fingerprint density at radius 1 is 1.09 bits per heavy atom. The van der Waals surface area contributed by atoms with Gasteiger partial charge < -0.3 is 9.64 Å². The minimum atomic E-state index is -5.62. The number of nitrogens with zero attached hydrogens (tertiary/aromatic N) is 1. The van der Waals surface area contributed by atoms with Gasteiger partial charge in [0.2, 0.25) is 0 Å². The van der Waals surface area contributed by atoms with Gasteiger partial charge in [-0.05, 0) is 33.6 Å². The predicted octanol–water partition coefficient (Wildman–Crippen LogP) is 2.50. The van der Waals surface area contributed by atoms with Crippen molar-refractivity contribution in [3.05, 3.63) is 0 Å². The first kappa shape index (κ1) is 18.3. The number of fused-ring (bicyclic) bond motifs is 2. The SMILES string of the molecule is CC(C)(C)OC(=O)N1C[C@H]2CC[C@@H](C1)C2OS(=O)(=O)C(F)(F)F. The number of carbonyl (C=O) groups is 1. The van der Waals surface area contributed by atoms with E-state index in [-0.39, 0.29) is 13.1 Å². The van der Waals surface area contributed by atoms with Gasteiger partial charge in [0.15, 0.2) is 0 Å². The summed E-state index contributed by atoms with van der Waals surface area (Å²) in [6.07, 6.45) is -0.559. The molecule has 2 fully saturated rings. The number of hydrogen-bond acceptors (Lipinski definition) is 5. The second-order valence-electron chi connectivity index (χ2n) is 6.94. The Labute approximate surface area is 133 Å². The zero-order valence-corrected chi connectivity index (χ0v) is 13.9. The number of hydrogen-bond donors (Lipinski definition) is 0. The number of rotatable bonds is 2. The van der Waals surface area contributed by atoms with Crippen molar-refractivity contribution in [1.82, 2.24) is 4.90 Å². The molecule has 1 amide bonds. The topological polar surface area (TPSA) is 72.9 Å². The highest BCUT2D eigenvalue weighted by atomic mass is 32.2. The minimum Gasteiger partial charge on any atom is -0.444 e. The van der Waals surface area contributed by atoms with E-state index < -0.39 is 45.3 Å². The van der Waals surface area contributed by atoms with E-state index in [4.69, 9.17) is 4.74 Å². The summed E-state index contributed by atoms with van der Waals surface area (Å²) in [4.78, 5) is 13.5. The van der Waals surface area contributed by atoms with E-state index in [0.29, 0.717) is 12.8 Å². The molecule has 1 aliphatic heterocycles. The first-order valence-electron chi connectivity index (χ1n) is 7.27. The molecular formula is C13H20F3NO5S. The van der Waals surface area contributed by atoms with Crippen LogP contribution in [-0.2, 0) is 19.0 Å². The standard InChI is InChI=1S/C13H20F3NO5S/c1-12(2,3)21-11(18)17-6-8-4-5-9(7-17)10(8)22-23(19,20)13(14,15)16/h8-10H,4-7H2,1-3H3/t8-,9+,10?. The summed E-state index contributed by atoms with van der Waals surface area (Å²) in [6.45, 7) is 5.40. The molecule has 1 heterocycles. The minimum absolute atomic E-state index is 0.128. The molecule has 0 radical (unpaired) electrons. The molecule has 0 aromatic carbocycles. The van der Waals surface area contributed by atoms with E-state index in [1.165, 1.54) is 4.90 Å². The molecule has 2 rings (SSSR count). The fourth-order valence-corrected chi connectivity index (χ4v) is 3.72. The summed E-state index contributed by atoms with van der Waals surface area (Å²) >= 11 is 0. The van der Waals surface area contributed by atoms with Gasteiger partial charge in [-0.3, -0.25) is 4.18 Å². The van der Waals surface area contributed by atoms with Crippen molar-refractivity contribution in [2.24, 2.45) is 11.8 Å². The van der Waals surface area contributed by atoms with E-state index in [2.05, 4.69) is 4.18 Å². The van der Waals surface area contributed by atoms with Crippen LogP contribution in [-0.4, -0.2) is 49.7 Å². The molecule has 2 aliphatic rings. The molecule has 1 saturated heterocycles. The summed E-state index contributed by atoms with van der Waals surface area (Å²) < 4.78 is 69.4. The van der Waals surface area contributed by atoms with Crippen molar-refractivity contribution in [3.8, 4) is 0 Å². The monoisotopic (exact) mass is 359 g/mol. The summed E-state index contributed by atoms with van der Waals surface area (Å²) in [5.74, 6) is -0.892. The molecule has 0 spiro atoms. The largest absolute Gasteiger partial charge is 0.523 e. The van der Waals surface area contributed by atoms with Gasteiger partial charge >= 0.3 is 21.7 Å². The van der Waals surface area contributed by atoms with Crippen molar-refractivity contribution in [1.29, 1.82) is 0 Å². The molecule has 1 aliphatic carbocycles. The molecule has 0 aromatic rings. The smallest absolute Gasteiger partial charge is 0.444 e. The van der Waals surface area contributed by atoms with E-state index in [9.17, 15) is 26.4 Å². The Bertz CT molecular complexity index is 555. The Balaban J connectivity index is 2.05. The summed E-state index contributed by atoms with van der Waals surface area (Å²) in [7, 11) is -5.62. The first-order chi connectivity index (χ1) is 10.3. The average Bonchev–Trinajstić information content (AvgIpc) is 2.57. The van der Waals surface area contributed by atoms with Gasteiger partial charge in [-0.25, -0.2) is 4.79 Å². The van der Waals surface area contributed by atoms with Crippen LogP contribution in [0, 0.1) is 11.8 Å². The van der Waals surface area contributed by atoms with E-state index in [1.54, 1.807) is 20.8 Å². The quantitative estimate of drug-likeness (QED) is 0.559. The lowest BCUT2D eigenvalue weighted by molar-refractivity contribution is -0.0651. The fraction of sp³-hybridized carbons (Fsp3) is 0.923. The van der Waals surface area contributed by atoms with E-state index in [0.717, 1.165) is 0 Å². The lowest BCUT2D eigenvalue weighted by Gasteiger charge is -2.37. The zero-order valence-electron chi connectivity index (χ0n) is 13.1.